The Kier molecular flexibility index (Phi) is 4.57. The molecule has 0 aliphatic carbocycles. The third-order valence-electron chi connectivity index (χ3n) is 0.509. The molecule has 0 aromatic carbocycles. The SMILES string of the molecule is O[Si](O)(O)OF.c1c[nH]cn1. The zero-order valence-corrected chi connectivity index (χ0v) is 6.31. The Morgan fingerprint density at radius 3 is 2.09 bits per heavy atom. The highest BCUT2D eigenvalue weighted by Crippen LogP contribution is 1.85. The van der Waals surface area contributed by atoms with E-state index in [1.54, 1.807) is 18.7 Å². The van der Waals surface area contributed by atoms with Crippen LogP contribution in [0.25, 0.3) is 0 Å². The lowest BCUT2D eigenvalue weighted by Crippen LogP contribution is -2.35. The molecule has 0 saturated carbocycles. The molecule has 0 aliphatic heterocycles. The first kappa shape index (κ1) is 10.2. The van der Waals surface area contributed by atoms with Gasteiger partial charge in [0.15, 0.2) is 0 Å². The molecule has 0 aliphatic rings. The minimum Gasteiger partial charge on any atom is -0.366 e. The second-order valence-corrected chi connectivity index (χ2v) is 2.71. The molecule has 4 N–H and O–H groups in total. The lowest BCUT2D eigenvalue weighted by atomic mass is 11.0. The number of nitrogens with zero attached hydrogens (tertiary/aromatic N) is 1. The number of nitrogens with one attached hydrogen (secondary N) is 1. The van der Waals surface area contributed by atoms with Crippen molar-refractivity contribution in [2.75, 3.05) is 0 Å². The summed E-state index contributed by atoms with van der Waals surface area (Å²) in [5.74, 6) is 0. The summed E-state index contributed by atoms with van der Waals surface area (Å²) in [6, 6.07) is 0. The molecule has 1 rings (SSSR count). The number of imidazole rings is 1. The molecule has 0 radical (unpaired) electrons. The van der Waals surface area contributed by atoms with Gasteiger partial charge in [0.2, 0.25) is 0 Å². The summed E-state index contributed by atoms with van der Waals surface area (Å²) >= 11 is 0. The minimum absolute atomic E-state index is 1.62. The molecule has 1 aromatic heterocycles. The van der Waals surface area contributed by atoms with Crippen molar-refractivity contribution in [1.82, 2.24) is 9.97 Å². The van der Waals surface area contributed by atoms with E-state index in [9.17, 15) is 4.53 Å². The number of aromatic nitrogens is 2. The molecule has 0 spiro atoms. The Bertz CT molecular complexity index is 147. The minimum atomic E-state index is -4.80. The van der Waals surface area contributed by atoms with Gasteiger partial charge in [0.25, 0.3) is 0 Å². The van der Waals surface area contributed by atoms with Gasteiger partial charge in [-0.1, -0.05) is 4.53 Å². The topological polar surface area (TPSA) is 98.6 Å². The quantitative estimate of drug-likeness (QED) is 0.405. The fraction of sp³-hybridized carbons (Fsp3) is 0. The number of aromatic amines is 1. The van der Waals surface area contributed by atoms with Gasteiger partial charge in [-0.05, 0) is 0 Å². The smallest absolute Gasteiger partial charge is 0.366 e. The summed E-state index contributed by atoms with van der Waals surface area (Å²) in [6.07, 6.45) is 5.08. The Labute approximate surface area is 62.3 Å². The van der Waals surface area contributed by atoms with Crippen molar-refractivity contribution in [2.45, 2.75) is 0 Å². The van der Waals surface area contributed by atoms with Crippen LogP contribution in [0.15, 0.2) is 18.7 Å². The number of rotatable bonds is 1. The first-order chi connectivity index (χ1) is 5.06. The summed E-state index contributed by atoms with van der Waals surface area (Å²) in [6.45, 7) is 0. The van der Waals surface area contributed by atoms with Gasteiger partial charge in [0.05, 0.1) is 6.33 Å². The van der Waals surface area contributed by atoms with Crippen LogP contribution in [0, 0.1) is 0 Å². The monoisotopic (exact) mass is 182 g/mol. The summed E-state index contributed by atoms with van der Waals surface area (Å²) < 4.78 is 12.6. The highest BCUT2D eigenvalue weighted by Gasteiger charge is 2.31. The van der Waals surface area contributed by atoms with Crippen LogP contribution in [0.2, 0.25) is 0 Å². The average molecular weight is 182 g/mol. The van der Waals surface area contributed by atoms with Crippen molar-refractivity contribution in [3.63, 3.8) is 0 Å². The van der Waals surface area contributed by atoms with Crippen molar-refractivity contribution >= 4 is 9.05 Å². The molecule has 0 saturated heterocycles. The molecule has 1 heterocycles. The fourth-order valence-electron chi connectivity index (χ4n) is 0.215. The molecule has 0 atom stereocenters. The number of halogens is 1. The number of hydrogen-bond acceptors (Lipinski definition) is 5. The Hall–Kier alpha value is -0.803. The summed E-state index contributed by atoms with van der Waals surface area (Å²) in [4.78, 5) is 28.9. The molecule has 0 unspecified atom stereocenters. The van der Waals surface area contributed by atoms with E-state index >= 15 is 0 Å². The van der Waals surface area contributed by atoms with Gasteiger partial charge in [-0.3, -0.25) is 0 Å². The van der Waals surface area contributed by atoms with E-state index in [4.69, 9.17) is 14.4 Å². The van der Waals surface area contributed by atoms with Crippen molar-refractivity contribution in [3.05, 3.63) is 18.7 Å². The predicted octanol–water partition coefficient (Wildman–Crippen LogP) is -1.29. The zero-order valence-electron chi connectivity index (χ0n) is 5.31. The second kappa shape index (κ2) is 4.93. The van der Waals surface area contributed by atoms with Crippen molar-refractivity contribution in [1.29, 1.82) is 0 Å². The molecule has 8 heteroatoms. The first-order valence-corrected chi connectivity index (χ1v) is 4.21. The maximum atomic E-state index is 10.3. The average Bonchev–Trinajstić information content (AvgIpc) is 2.41. The van der Waals surface area contributed by atoms with Crippen LogP contribution in [0.3, 0.4) is 0 Å². The van der Waals surface area contributed by atoms with Gasteiger partial charge >= 0.3 is 9.05 Å². The third kappa shape index (κ3) is 9.20. The second-order valence-electron chi connectivity index (χ2n) is 1.41. The highest BCUT2D eigenvalue weighted by atomic mass is 28.4. The van der Waals surface area contributed by atoms with Crippen LogP contribution in [0.4, 0.5) is 4.53 Å². The Morgan fingerprint density at radius 2 is 2.00 bits per heavy atom. The number of H-pyrrole nitrogens is 1. The molecule has 0 bridgehead atoms. The molecule has 0 fully saturated rings. The van der Waals surface area contributed by atoms with Gasteiger partial charge < -0.3 is 19.4 Å². The van der Waals surface area contributed by atoms with E-state index in [1.807, 2.05) is 0 Å². The van der Waals surface area contributed by atoms with E-state index in [-0.39, 0.29) is 0 Å². The number of hydrogen-bond donors (Lipinski definition) is 4. The van der Waals surface area contributed by atoms with Crippen molar-refractivity contribution < 1.29 is 23.5 Å². The summed E-state index contributed by atoms with van der Waals surface area (Å²) in [7, 11) is -4.80. The summed E-state index contributed by atoms with van der Waals surface area (Å²) in [5.41, 5.74) is 0. The molecular formula is C3H7FN2O4Si. The first-order valence-electron chi connectivity index (χ1n) is 2.46. The zero-order chi connectivity index (χ0) is 8.74. The van der Waals surface area contributed by atoms with Gasteiger partial charge in [-0.2, -0.15) is 4.63 Å². The molecule has 11 heavy (non-hydrogen) atoms. The lowest BCUT2D eigenvalue weighted by Gasteiger charge is -1.96. The van der Waals surface area contributed by atoms with Gasteiger partial charge in [-0.15, -0.1) is 0 Å². The molecular weight excluding hydrogens is 175 g/mol. The Morgan fingerprint density at radius 1 is 1.45 bits per heavy atom. The van der Waals surface area contributed by atoms with Crippen LogP contribution in [-0.2, 0) is 4.63 Å². The maximum Gasteiger partial charge on any atom is 0.703 e. The van der Waals surface area contributed by atoms with Gasteiger partial charge in [0, 0.05) is 12.4 Å². The van der Waals surface area contributed by atoms with Crippen LogP contribution in [0.5, 0.6) is 0 Å². The van der Waals surface area contributed by atoms with Crippen molar-refractivity contribution in [3.8, 4) is 0 Å². The molecule has 6 nitrogen and oxygen atoms in total. The largest absolute Gasteiger partial charge is 0.703 e. The fourth-order valence-corrected chi connectivity index (χ4v) is 0.215. The predicted molar refractivity (Wildman–Crippen MR) is 33.2 cm³/mol. The highest BCUT2D eigenvalue weighted by molar-refractivity contribution is 6.48. The lowest BCUT2D eigenvalue weighted by molar-refractivity contribution is -0.111. The van der Waals surface area contributed by atoms with E-state index in [2.05, 4.69) is 14.6 Å². The molecule has 64 valence electrons. The van der Waals surface area contributed by atoms with E-state index in [0.29, 0.717) is 0 Å². The molecule has 1 aromatic rings. The third-order valence-corrected chi connectivity index (χ3v) is 0.716. The maximum absolute atomic E-state index is 10.3. The Balaban J connectivity index is 0.000000183. The standard InChI is InChI=1S/C3H4N2.FH3O4Si/c1-2-5-3-4-1;1-5-6(2,3)4/h1-3H,(H,4,5);2-4H. The van der Waals surface area contributed by atoms with E-state index in [0.717, 1.165) is 0 Å². The van der Waals surface area contributed by atoms with E-state index in [1.165, 1.54) is 0 Å². The van der Waals surface area contributed by atoms with E-state index < -0.39 is 9.05 Å². The van der Waals surface area contributed by atoms with Crippen molar-refractivity contribution in [2.24, 2.45) is 0 Å². The van der Waals surface area contributed by atoms with Crippen LogP contribution < -0.4 is 0 Å². The van der Waals surface area contributed by atoms with Crippen LogP contribution >= 0.6 is 0 Å². The van der Waals surface area contributed by atoms with Crippen LogP contribution in [-0.4, -0.2) is 33.4 Å². The molecule has 0 amide bonds. The van der Waals surface area contributed by atoms with Crippen LogP contribution in [0.1, 0.15) is 0 Å². The normalized spacial score (nSPS) is 10.2. The van der Waals surface area contributed by atoms with Gasteiger partial charge in [0.1, 0.15) is 0 Å². The summed E-state index contributed by atoms with van der Waals surface area (Å²) in [5, 5.41) is 0. The van der Waals surface area contributed by atoms with Gasteiger partial charge in [-0.25, -0.2) is 4.98 Å².